The highest BCUT2D eigenvalue weighted by Gasteiger charge is 1.82. The molecule has 0 atom stereocenters. The molecule has 0 heterocycles. The molecule has 0 spiro atoms. The molecule has 0 aromatic heterocycles. The standard InChI is InChI=1S/CH3BO3/c2-5-1(3)4/h1,3-4H. The van der Waals surface area contributed by atoms with Gasteiger partial charge in [-0.2, -0.15) is 0 Å². The van der Waals surface area contributed by atoms with Crippen LogP contribution in [0.15, 0.2) is 0 Å². The van der Waals surface area contributed by atoms with Crippen molar-refractivity contribution in [3.05, 3.63) is 0 Å². The Hall–Kier alpha value is -0.0551. The number of aliphatic hydroxyl groups is 2. The van der Waals surface area contributed by atoms with Crippen molar-refractivity contribution >= 4 is 8.05 Å². The van der Waals surface area contributed by atoms with E-state index in [4.69, 9.17) is 10.2 Å². The summed E-state index contributed by atoms with van der Waals surface area (Å²) in [4.78, 5) is 0. The Morgan fingerprint density at radius 1 is 1.60 bits per heavy atom. The lowest BCUT2D eigenvalue weighted by atomic mass is 10.6. The van der Waals surface area contributed by atoms with Crippen LogP contribution < -0.4 is 0 Å². The number of rotatable bonds is 1. The minimum atomic E-state index is -1.84. The van der Waals surface area contributed by atoms with Crippen LogP contribution in [0, 0.1) is 0 Å². The third kappa shape index (κ3) is 3.94. The largest absolute Gasteiger partial charge is 0.404 e. The van der Waals surface area contributed by atoms with Gasteiger partial charge in [-0.25, -0.2) is 0 Å². The van der Waals surface area contributed by atoms with Gasteiger partial charge in [0.25, 0.3) is 14.5 Å². The first-order valence-corrected chi connectivity index (χ1v) is 0.988. The van der Waals surface area contributed by atoms with E-state index >= 15 is 0 Å². The Balaban J connectivity index is 2.54. The summed E-state index contributed by atoms with van der Waals surface area (Å²) in [5.41, 5.74) is 0. The van der Waals surface area contributed by atoms with Gasteiger partial charge in [-0.1, -0.05) is 0 Å². The molecular weight excluding hydrogens is 70.8 g/mol. The molecule has 5 heavy (non-hydrogen) atoms. The molecule has 0 aliphatic heterocycles. The van der Waals surface area contributed by atoms with E-state index in [1.807, 2.05) is 0 Å². The molecule has 28 valence electrons. The lowest BCUT2D eigenvalue weighted by Crippen LogP contribution is -2.06. The van der Waals surface area contributed by atoms with E-state index < -0.39 is 6.48 Å². The van der Waals surface area contributed by atoms with E-state index in [-0.39, 0.29) is 0 Å². The van der Waals surface area contributed by atoms with Gasteiger partial charge in [0.1, 0.15) is 0 Å². The Morgan fingerprint density at radius 3 is 1.80 bits per heavy atom. The first-order valence-electron chi connectivity index (χ1n) is 0.988. The second kappa shape index (κ2) is 2.20. The third-order valence-electron chi connectivity index (χ3n) is 0.122. The SMILES string of the molecule is [B]OC(O)O. The van der Waals surface area contributed by atoms with Crippen LogP contribution in [0.1, 0.15) is 0 Å². The van der Waals surface area contributed by atoms with Gasteiger partial charge in [-0.3, -0.25) is 0 Å². The van der Waals surface area contributed by atoms with Crippen LogP contribution >= 0.6 is 0 Å². The molecule has 0 aromatic rings. The fraction of sp³-hybridized carbons (Fsp3) is 1.00. The highest BCUT2D eigenvalue weighted by Crippen LogP contribution is 1.65. The van der Waals surface area contributed by atoms with E-state index in [0.29, 0.717) is 0 Å². The van der Waals surface area contributed by atoms with Crippen molar-refractivity contribution < 1.29 is 14.9 Å². The van der Waals surface area contributed by atoms with E-state index in [0.717, 1.165) is 0 Å². The van der Waals surface area contributed by atoms with Crippen LogP contribution in [-0.4, -0.2) is 24.7 Å². The highest BCUT2D eigenvalue weighted by molar-refractivity contribution is 5.97. The zero-order valence-corrected chi connectivity index (χ0v) is 2.46. The second-order valence-electron chi connectivity index (χ2n) is 0.462. The van der Waals surface area contributed by atoms with Gasteiger partial charge in [0.05, 0.1) is 0 Å². The van der Waals surface area contributed by atoms with Gasteiger partial charge in [0, 0.05) is 0 Å². The van der Waals surface area contributed by atoms with E-state index in [2.05, 4.69) is 12.7 Å². The Kier molecular flexibility index (Phi) is 2.17. The lowest BCUT2D eigenvalue weighted by Gasteiger charge is -1.93. The molecule has 0 aliphatic rings. The van der Waals surface area contributed by atoms with Gasteiger partial charge in [-0.15, -0.1) is 0 Å². The van der Waals surface area contributed by atoms with Crippen LogP contribution in [0.5, 0.6) is 0 Å². The minimum Gasteiger partial charge on any atom is -0.404 e. The molecular formula is CH3BO3. The van der Waals surface area contributed by atoms with Crippen molar-refractivity contribution in [1.29, 1.82) is 0 Å². The first-order chi connectivity index (χ1) is 2.27. The average molecular weight is 73.8 g/mol. The van der Waals surface area contributed by atoms with Crippen molar-refractivity contribution in [1.82, 2.24) is 0 Å². The average Bonchev–Trinajstić information content (AvgIpc) is 1.38. The molecule has 2 N–H and O–H groups in total. The summed E-state index contributed by atoms with van der Waals surface area (Å²) in [5, 5.41) is 15.1. The molecule has 0 saturated heterocycles. The van der Waals surface area contributed by atoms with Gasteiger partial charge in [0.2, 0.25) is 0 Å². The molecule has 3 nitrogen and oxygen atoms in total. The summed E-state index contributed by atoms with van der Waals surface area (Å²) >= 11 is 0. The minimum absolute atomic E-state index is 1.84. The zero-order valence-electron chi connectivity index (χ0n) is 2.46. The van der Waals surface area contributed by atoms with Crippen LogP contribution in [0.3, 0.4) is 0 Å². The van der Waals surface area contributed by atoms with Crippen LogP contribution in [0.25, 0.3) is 0 Å². The highest BCUT2D eigenvalue weighted by atomic mass is 16.7. The molecule has 4 heteroatoms. The maximum absolute atomic E-state index is 7.57. The van der Waals surface area contributed by atoms with Gasteiger partial charge < -0.3 is 14.9 Å². The molecule has 2 radical (unpaired) electrons. The van der Waals surface area contributed by atoms with Crippen LogP contribution in [0.4, 0.5) is 0 Å². The summed E-state index contributed by atoms with van der Waals surface area (Å²) in [6.45, 7) is -1.84. The summed E-state index contributed by atoms with van der Waals surface area (Å²) < 4.78 is 3.36. The summed E-state index contributed by atoms with van der Waals surface area (Å²) in [6, 6.07) is 0. The van der Waals surface area contributed by atoms with E-state index in [9.17, 15) is 0 Å². The third-order valence-corrected chi connectivity index (χ3v) is 0.122. The monoisotopic (exact) mass is 74.0 g/mol. The second-order valence-corrected chi connectivity index (χ2v) is 0.462. The van der Waals surface area contributed by atoms with E-state index in [1.54, 1.807) is 0 Å². The van der Waals surface area contributed by atoms with Crippen molar-refractivity contribution in [3.63, 3.8) is 0 Å². The smallest absolute Gasteiger partial charge is 0.289 e. The van der Waals surface area contributed by atoms with Crippen molar-refractivity contribution in [2.24, 2.45) is 0 Å². The van der Waals surface area contributed by atoms with E-state index in [1.165, 1.54) is 0 Å². The summed E-state index contributed by atoms with van der Waals surface area (Å²) in [6.07, 6.45) is 0. The van der Waals surface area contributed by atoms with Crippen LogP contribution in [-0.2, 0) is 4.65 Å². The maximum Gasteiger partial charge on any atom is 0.289 e. The van der Waals surface area contributed by atoms with Gasteiger partial charge in [0.15, 0.2) is 0 Å². The Bertz CT molecular complexity index is 20.9. The first kappa shape index (κ1) is 4.94. The van der Waals surface area contributed by atoms with Crippen molar-refractivity contribution in [2.45, 2.75) is 6.48 Å². The topological polar surface area (TPSA) is 49.7 Å². The predicted octanol–water partition coefficient (Wildman–Crippen LogP) is -1.65. The van der Waals surface area contributed by atoms with Crippen molar-refractivity contribution in [2.75, 3.05) is 0 Å². The molecule has 0 fully saturated rings. The number of hydrogen-bond donors (Lipinski definition) is 2. The normalized spacial score (nSPS) is 9.40. The quantitative estimate of drug-likeness (QED) is 0.289. The Labute approximate surface area is 30.6 Å². The number of aliphatic hydroxyl groups excluding tert-OH is 1. The molecule has 0 aliphatic carbocycles. The predicted molar refractivity (Wildman–Crippen MR) is 15.1 cm³/mol. The molecule has 0 unspecified atom stereocenters. The molecule has 0 rings (SSSR count). The number of hydrogen-bond acceptors (Lipinski definition) is 3. The maximum atomic E-state index is 7.57. The summed E-state index contributed by atoms with van der Waals surface area (Å²) in [7, 11) is 4.17. The van der Waals surface area contributed by atoms with Crippen molar-refractivity contribution in [3.8, 4) is 0 Å². The van der Waals surface area contributed by atoms with Crippen LogP contribution in [0.2, 0.25) is 0 Å². The molecule has 0 bridgehead atoms. The Morgan fingerprint density at radius 2 is 1.80 bits per heavy atom. The molecule has 0 saturated carbocycles. The van der Waals surface area contributed by atoms with Gasteiger partial charge in [-0.05, 0) is 0 Å². The van der Waals surface area contributed by atoms with Gasteiger partial charge >= 0.3 is 0 Å². The fourth-order valence-corrected chi connectivity index (χ4v) is 0. The fourth-order valence-electron chi connectivity index (χ4n) is 0. The lowest BCUT2D eigenvalue weighted by molar-refractivity contribution is -0.177. The molecule has 0 aromatic carbocycles. The summed E-state index contributed by atoms with van der Waals surface area (Å²) in [5.74, 6) is 0. The zero-order chi connectivity index (χ0) is 4.28. The molecule has 0 amide bonds.